The van der Waals surface area contributed by atoms with Crippen LogP contribution in [0.1, 0.15) is 17.7 Å². The molecule has 1 aliphatic heterocycles. The van der Waals surface area contributed by atoms with E-state index in [-0.39, 0.29) is 0 Å². The maximum atomic E-state index is 6.16. The fourth-order valence-electron chi connectivity index (χ4n) is 2.64. The summed E-state index contributed by atoms with van der Waals surface area (Å²) in [6.07, 6.45) is 9.22. The summed E-state index contributed by atoms with van der Waals surface area (Å²) in [5.74, 6) is 0.520. The number of pyridine rings is 1. The van der Waals surface area contributed by atoms with Gasteiger partial charge in [0, 0.05) is 25.2 Å². The van der Waals surface area contributed by atoms with Crippen LogP contribution in [0.3, 0.4) is 0 Å². The Labute approximate surface area is 130 Å². The highest BCUT2D eigenvalue weighted by molar-refractivity contribution is 5.75. The number of aryl methyl sites for hydroxylation is 2. The molecule has 2 aromatic heterocycles. The molecule has 2 aromatic rings. The van der Waals surface area contributed by atoms with Crippen molar-refractivity contribution in [2.45, 2.75) is 26.3 Å². The van der Waals surface area contributed by atoms with Crippen LogP contribution in [0.5, 0.6) is 5.88 Å². The standard InChI is InChI=1S/C17H22N4O/c1-12-7-8-15-16(18)17(19-21(15)13(12)2)22-11-9-14-6-4-5-10-20(14)3/h4-8,10,14H,9,11,18H2,1-3H3. The van der Waals surface area contributed by atoms with Gasteiger partial charge in [-0.3, -0.25) is 0 Å². The highest BCUT2D eigenvalue weighted by atomic mass is 16.5. The molecule has 0 fully saturated rings. The predicted molar refractivity (Wildman–Crippen MR) is 89.0 cm³/mol. The molecule has 0 bridgehead atoms. The highest BCUT2D eigenvalue weighted by Gasteiger charge is 2.15. The fraction of sp³-hybridized carbons (Fsp3) is 0.353. The van der Waals surface area contributed by atoms with Gasteiger partial charge in [0.25, 0.3) is 5.88 Å². The van der Waals surface area contributed by atoms with E-state index in [0.717, 1.165) is 17.6 Å². The van der Waals surface area contributed by atoms with Crippen molar-refractivity contribution in [3.05, 3.63) is 47.8 Å². The maximum absolute atomic E-state index is 6.16. The highest BCUT2D eigenvalue weighted by Crippen LogP contribution is 2.27. The summed E-state index contributed by atoms with van der Waals surface area (Å²) in [5.41, 5.74) is 9.93. The van der Waals surface area contributed by atoms with Crippen LogP contribution in [0.2, 0.25) is 0 Å². The lowest BCUT2D eigenvalue weighted by Crippen LogP contribution is -2.28. The largest absolute Gasteiger partial charge is 0.475 e. The summed E-state index contributed by atoms with van der Waals surface area (Å²) in [6, 6.07) is 4.40. The summed E-state index contributed by atoms with van der Waals surface area (Å²) in [5, 5.41) is 4.50. The maximum Gasteiger partial charge on any atom is 0.257 e. The molecule has 116 valence electrons. The molecule has 0 saturated carbocycles. The van der Waals surface area contributed by atoms with Crippen molar-refractivity contribution in [2.24, 2.45) is 0 Å². The fourth-order valence-corrected chi connectivity index (χ4v) is 2.64. The molecule has 1 unspecified atom stereocenters. The first-order valence-electron chi connectivity index (χ1n) is 7.52. The molecule has 0 aromatic carbocycles. The van der Waals surface area contributed by atoms with Gasteiger partial charge >= 0.3 is 0 Å². The third kappa shape index (κ3) is 2.54. The first-order valence-corrected chi connectivity index (χ1v) is 7.52. The number of likely N-dealkylation sites (N-methyl/N-ethyl adjacent to an activating group) is 1. The molecule has 3 heterocycles. The molecule has 0 amide bonds. The molecule has 1 atom stereocenters. The van der Waals surface area contributed by atoms with Crippen molar-refractivity contribution < 1.29 is 4.74 Å². The van der Waals surface area contributed by atoms with Crippen LogP contribution < -0.4 is 10.5 Å². The molecule has 0 saturated heterocycles. The molecule has 0 aliphatic carbocycles. The van der Waals surface area contributed by atoms with Crippen molar-refractivity contribution >= 4 is 11.2 Å². The van der Waals surface area contributed by atoms with E-state index >= 15 is 0 Å². The minimum Gasteiger partial charge on any atom is -0.475 e. The zero-order chi connectivity index (χ0) is 15.7. The molecule has 2 N–H and O–H groups in total. The van der Waals surface area contributed by atoms with Gasteiger partial charge in [-0.25, -0.2) is 4.52 Å². The van der Waals surface area contributed by atoms with E-state index in [4.69, 9.17) is 10.5 Å². The number of anilines is 1. The Morgan fingerprint density at radius 2 is 2.09 bits per heavy atom. The third-order valence-corrected chi connectivity index (χ3v) is 4.25. The van der Waals surface area contributed by atoms with Crippen LogP contribution in [0.25, 0.3) is 5.52 Å². The van der Waals surface area contributed by atoms with Crippen molar-refractivity contribution in [3.8, 4) is 5.88 Å². The van der Waals surface area contributed by atoms with Crippen molar-refractivity contribution in [1.29, 1.82) is 0 Å². The van der Waals surface area contributed by atoms with Gasteiger partial charge in [-0.05, 0) is 37.8 Å². The molecule has 5 nitrogen and oxygen atoms in total. The Morgan fingerprint density at radius 1 is 1.27 bits per heavy atom. The van der Waals surface area contributed by atoms with Gasteiger partial charge in [0.1, 0.15) is 5.69 Å². The molecule has 1 aliphatic rings. The lowest BCUT2D eigenvalue weighted by atomic mass is 10.1. The summed E-state index contributed by atoms with van der Waals surface area (Å²) >= 11 is 0. The number of ether oxygens (including phenoxy) is 1. The molecular weight excluding hydrogens is 276 g/mol. The smallest absolute Gasteiger partial charge is 0.257 e. The second kappa shape index (κ2) is 5.75. The Bertz CT molecular complexity index is 745. The lowest BCUT2D eigenvalue weighted by molar-refractivity contribution is 0.254. The quantitative estimate of drug-likeness (QED) is 0.943. The van der Waals surface area contributed by atoms with Crippen LogP contribution in [0.4, 0.5) is 5.69 Å². The number of nitrogens with two attached hydrogens (primary N) is 1. The van der Waals surface area contributed by atoms with E-state index < -0.39 is 0 Å². The number of aromatic nitrogens is 2. The lowest BCUT2D eigenvalue weighted by Gasteiger charge is -2.25. The van der Waals surface area contributed by atoms with E-state index in [2.05, 4.69) is 48.4 Å². The van der Waals surface area contributed by atoms with Crippen LogP contribution in [0.15, 0.2) is 36.6 Å². The molecule has 5 heteroatoms. The SMILES string of the molecule is Cc1ccc2c(N)c(OCCC3C=CC=CN3C)nn2c1C. The van der Waals surface area contributed by atoms with Crippen LogP contribution in [-0.4, -0.2) is 34.2 Å². The number of fused-ring (bicyclic) bond motifs is 1. The predicted octanol–water partition coefficient (Wildman–Crippen LogP) is 2.69. The molecular formula is C17H22N4O. The van der Waals surface area contributed by atoms with Crippen molar-refractivity contribution in [1.82, 2.24) is 14.5 Å². The first kappa shape index (κ1) is 14.5. The summed E-state index contributed by atoms with van der Waals surface area (Å²) in [4.78, 5) is 2.17. The average Bonchev–Trinajstić information content (AvgIpc) is 2.83. The van der Waals surface area contributed by atoms with Crippen LogP contribution in [-0.2, 0) is 0 Å². The zero-order valence-corrected chi connectivity index (χ0v) is 13.3. The minimum absolute atomic E-state index is 0.354. The van der Waals surface area contributed by atoms with E-state index in [9.17, 15) is 0 Å². The Balaban J connectivity index is 1.72. The number of nitrogen functional groups attached to an aromatic ring is 1. The molecule has 3 rings (SSSR count). The normalized spacial score (nSPS) is 17.4. The number of nitrogens with zero attached hydrogens (tertiary/aromatic N) is 3. The third-order valence-electron chi connectivity index (χ3n) is 4.25. The number of rotatable bonds is 4. The number of hydrogen-bond donors (Lipinski definition) is 1. The van der Waals surface area contributed by atoms with E-state index in [0.29, 0.717) is 24.2 Å². The Kier molecular flexibility index (Phi) is 3.79. The second-order valence-electron chi connectivity index (χ2n) is 5.71. The van der Waals surface area contributed by atoms with Gasteiger partial charge in [0.2, 0.25) is 0 Å². The summed E-state index contributed by atoms with van der Waals surface area (Å²) in [6.45, 7) is 4.68. The van der Waals surface area contributed by atoms with Gasteiger partial charge < -0.3 is 15.4 Å². The van der Waals surface area contributed by atoms with Crippen molar-refractivity contribution in [2.75, 3.05) is 19.4 Å². The average molecular weight is 298 g/mol. The molecule has 0 spiro atoms. The van der Waals surface area contributed by atoms with E-state index in [1.165, 1.54) is 5.56 Å². The number of hydrogen-bond acceptors (Lipinski definition) is 4. The van der Waals surface area contributed by atoms with Gasteiger partial charge in [0.05, 0.1) is 12.1 Å². The van der Waals surface area contributed by atoms with Gasteiger partial charge in [0.15, 0.2) is 0 Å². The second-order valence-corrected chi connectivity index (χ2v) is 5.71. The summed E-state index contributed by atoms with van der Waals surface area (Å²) in [7, 11) is 2.07. The van der Waals surface area contributed by atoms with Gasteiger partial charge in [-0.1, -0.05) is 18.2 Å². The Morgan fingerprint density at radius 3 is 2.86 bits per heavy atom. The van der Waals surface area contributed by atoms with Crippen LogP contribution >= 0.6 is 0 Å². The molecule has 22 heavy (non-hydrogen) atoms. The van der Waals surface area contributed by atoms with Crippen LogP contribution in [0, 0.1) is 13.8 Å². The van der Waals surface area contributed by atoms with Gasteiger partial charge in [-0.2, -0.15) is 0 Å². The topological polar surface area (TPSA) is 55.8 Å². The molecule has 0 radical (unpaired) electrons. The first-order chi connectivity index (χ1) is 10.6. The van der Waals surface area contributed by atoms with Gasteiger partial charge in [-0.15, -0.1) is 5.10 Å². The minimum atomic E-state index is 0.354. The summed E-state index contributed by atoms with van der Waals surface area (Å²) < 4.78 is 7.68. The monoisotopic (exact) mass is 298 g/mol. The van der Waals surface area contributed by atoms with Crippen molar-refractivity contribution in [3.63, 3.8) is 0 Å². The number of allylic oxidation sites excluding steroid dienone is 2. The van der Waals surface area contributed by atoms with E-state index in [1.54, 1.807) is 0 Å². The zero-order valence-electron chi connectivity index (χ0n) is 13.3. The van der Waals surface area contributed by atoms with E-state index in [1.807, 2.05) is 23.6 Å². The Hall–Kier alpha value is -2.43.